The minimum absolute atomic E-state index is 0.131. The fourth-order valence-electron chi connectivity index (χ4n) is 4.63. The molecule has 1 aromatic heterocycles. The monoisotopic (exact) mass is 442 g/mol. The molecule has 2 heterocycles. The molecule has 4 nitrogen and oxygen atoms in total. The molecule has 3 aromatic rings. The van der Waals surface area contributed by atoms with Crippen LogP contribution in [0.25, 0.3) is 16.8 Å². The van der Waals surface area contributed by atoms with Crippen LogP contribution in [0.5, 0.6) is 0 Å². The van der Waals surface area contributed by atoms with E-state index in [-0.39, 0.29) is 17.1 Å². The summed E-state index contributed by atoms with van der Waals surface area (Å²) in [5.41, 5.74) is 12.1. The van der Waals surface area contributed by atoms with Gasteiger partial charge in [0.15, 0.2) is 11.7 Å². The highest BCUT2D eigenvalue weighted by Gasteiger charge is 2.43. The number of hydrogen-bond acceptors (Lipinski definition) is 5. The summed E-state index contributed by atoms with van der Waals surface area (Å²) in [6.45, 7) is 6.26. The molecular formula is C27H26N2O2S. The number of ether oxygens (including phenoxy) is 1. The van der Waals surface area contributed by atoms with Gasteiger partial charge in [-0.15, -0.1) is 11.3 Å². The van der Waals surface area contributed by atoms with Crippen molar-refractivity contribution in [3.8, 4) is 11.3 Å². The number of rotatable bonds is 3. The fourth-order valence-corrected chi connectivity index (χ4v) is 5.53. The van der Waals surface area contributed by atoms with Crippen LogP contribution in [0.15, 0.2) is 77.2 Å². The molecule has 0 radical (unpaired) electrons. The molecule has 1 aliphatic heterocycles. The molecule has 5 heteroatoms. The molecule has 162 valence electrons. The summed E-state index contributed by atoms with van der Waals surface area (Å²) in [5, 5.41) is 2.82. The number of nitrogens with two attached hydrogens (primary N) is 1. The van der Waals surface area contributed by atoms with Gasteiger partial charge in [-0.2, -0.15) is 0 Å². The van der Waals surface area contributed by atoms with E-state index in [1.165, 1.54) is 16.9 Å². The summed E-state index contributed by atoms with van der Waals surface area (Å²) < 4.78 is 6.14. The van der Waals surface area contributed by atoms with Crippen LogP contribution in [0.2, 0.25) is 0 Å². The van der Waals surface area contributed by atoms with E-state index >= 15 is 0 Å². The lowest BCUT2D eigenvalue weighted by Gasteiger charge is -2.38. The highest BCUT2D eigenvalue weighted by atomic mass is 32.1. The zero-order valence-electron chi connectivity index (χ0n) is 18.5. The van der Waals surface area contributed by atoms with Crippen LogP contribution < -0.4 is 5.73 Å². The van der Waals surface area contributed by atoms with Crippen molar-refractivity contribution in [3.05, 3.63) is 93.3 Å². The van der Waals surface area contributed by atoms with Crippen LogP contribution in [0.4, 0.5) is 0 Å². The highest BCUT2D eigenvalue weighted by Crippen LogP contribution is 2.51. The topological polar surface area (TPSA) is 65.2 Å². The van der Waals surface area contributed by atoms with E-state index < -0.39 is 0 Å². The van der Waals surface area contributed by atoms with Gasteiger partial charge < -0.3 is 10.5 Å². The predicted molar refractivity (Wildman–Crippen MR) is 129 cm³/mol. The van der Waals surface area contributed by atoms with Crippen LogP contribution in [-0.2, 0) is 9.53 Å². The Bertz CT molecular complexity index is 1250. The number of hydrogen-bond donors (Lipinski definition) is 1. The molecule has 32 heavy (non-hydrogen) atoms. The Morgan fingerprint density at radius 2 is 1.75 bits per heavy atom. The number of aryl methyl sites for hydroxylation is 1. The van der Waals surface area contributed by atoms with E-state index in [4.69, 9.17) is 15.5 Å². The molecule has 0 bridgehead atoms. The van der Waals surface area contributed by atoms with Crippen molar-refractivity contribution in [3.63, 3.8) is 0 Å². The molecular weight excluding hydrogens is 416 g/mol. The van der Waals surface area contributed by atoms with Gasteiger partial charge in [0.1, 0.15) is 10.8 Å². The maximum absolute atomic E-state index is 13.4. The highest BCUT2D eigenvalue weighted by molar-refractivity contribution is 7.11. The smallest absolute Gasteiger partial charge is 0.197 e. The Labute approximate surface area is 192 Å². The van der Waals surface area contributed by atoms with Gasteiger partial charge in [0.25, 0.3) is 0 Å². The van der Waals surface area contributed by atoms with Gasteiger partial charge in [-0.25, -0.2) is 4.98 Å². The van der Waals surface area contributed by atoms with Crippen molar-refractivity contribution in [2.75, 3.05) is 0 Å². The number of ketones is 1. The zero-order valence-corrected chi connectivity index (χ0v) is 19.3. The van der Waals surface area contributed by atoms with E-state index in [2.05, 4.69) is 45.0 Å². The molecule has 0 spiro atoms. The van der Waals surface area contributed by atoms with Crippen LogP contribution in [0.3, 0.4) is 0 Å². The van der Waals surface area contributed by atoms with Crippen molar-refractivity contribution in [1.82, 2.24) is 4.98 Å². The van der Waals surface area contributed by atoms with E-state index in [1.807, 2.05) is 35.7 Å². The van der Waals surface area contributed by atoms with Gasteiger partial charge in [-0.1, -0.05) is 74.0 Å². The molecule has 1 atom stereocenters. The molecule has 0 saturated heterocycles. The molecule has 0 unspecified atom stereocenters. The predicted octanol–water partition coefficient (Wildman–Crippen LogP) is 6.20. The average molecular weight is 443 g/mol. The maximum Gasteiger partial charge on any atom is 0.197 e. The van der Waals surface area contributed by atoms with Crippen LogP contribution in [0, 0.1) is 12.3 Å². The molecule has 2 aromatic carbocycles. The second-order valence-corrected chi connectivity index (χ2v) is 10.3. The van der Waals surface area contributed by atoms with Gasteiger partial charge in [-0.3, -0.25) is 4.79 Å². The number of thiazole rings is 1. The Morgan fingerprint density at radius 3 is 2.47 bits per heavy atom. The van der Waals surface area contributed by atoms with Crippen molar-refractivity contribution >= 4 is 22.7 Å². The number of carbonyl (C=O) groups is 1. The summed E-state index contributed by atoms with van der Waals surface area (Å²) in [4.78, 5) is 18.3. The van der Waals surface area contributed by atoms with Gasteiger partial charge >= 0.3 is 0 Å². The first-order valence-electron chi connectivity index (χ1n) is 10.8. The number of nitrogens with zero attached hydrogens (tertiary/aromatic N) is 1. The lowest BCUT2D eigenvalue weighted by atomic mass is 9.70. The van der Waals surface area contributed by atoms with Gasteiger partial charge in [0.2, 0.25) is 0 Å². The van der Waals surface area contributed by atoms with Crippen LogP contribution >= 0.6 is 11.3 Å². The Hall–Kier alpha value is -3.18. The first-order valence-corrected chi connectivity index (χ1v) is 11.7. The van der Waals surface area contributed by atoms with E-state index in [0.29, 0.717) is 24.5 Å². The molecule has 5 rings (SSSR count). The van der Waals surface area contributed by atoms with Crippen molar-refractivity contribution in [2.24, 2.45) is 11.1 Å². The zero-order chi connectivity index (χ0) is 22.5. The minimum atomic E-state index is -0.280. The van der Waals surface area contributed by atoms with Gasteiger partial charge in [-0.05, 0) is 17.9 Å². The van der Waals surface area contributed by atoms with Gasteiger partial charge in [0.05, 0.1) is 11.3 Å². The number of allylic oxidation sites excluding steroid dienone is 3. The van der Waals surface area contributed by atoms with Crippen molar-refractivity contribution < 1.29 is 9.53 Å². The molecule has 1 aliphatic carbocycles. The Kier molecular flexibility index (Phi) is 5.01. The molecule has 0 amide bonds. The molecule has 0 saturated carbocycles. The van der Waals surface area contributed by atoms with Crippen molar-refractivity contribution in [1.29, 1.82) is 0 Å². The first kappa shape index (κ1) is 20.7. The standard InChI is InChI=1S/C27H26N2O2S/c1-16-9-11-18(12-10-16)22-23-20(30)13-27(2,3)14-21(23)31-25(28)24(22)26-29-19(15-32-26)17-7-5-4-6-8-17/h4-12,15,22H,13-14,28H2,1-3H3/t22-/m0/s1. The third kappa shape index (κ3) is 3.67. The van der Waals surface area contributed by atoms with Gasteiger partial charge in [0, 0.05) is 35.3 Å². The molecule has 2 aliphatic rings. The average Bonchev–Trinajstić information content (AvgIpc) is 3.23. The van der Waals surface area contributed by atoms with Crippen molar-refractivity contribution in [2.45, 2.75) is 39.5 Å². The normalized spacial score (nSPS) is 20.2. The number of benzene rings is 2. The minimum Gasteiger partial charge on any atom is -0.445 e. The van der Waals surface area contributed by atoms with E-state index in [1.54, 1.807) is 0 Å². The summed E-state index contributed by atoms with van der Waals surface area (Å²) in [6.07, 6.45) is 1.19. The number of Topliss-reactive ketones (excluding diaryl/α,β-unsaturated/α-hetero) is 1. The van der Waals surface area contributed by atoms with E-state index in [9.17, 15) is 4.79 Å². The second-order valence-electron chi connectivity index (χ2n) is 9.41. The lowest BCUT2D eigenvalue weighted by Crippen LogP contribution is -2.33. The Balaban J connectivity index is 1.65. The molecule has 2 N–H and O–H groups in total. The summed E-state index contributed by atoms with van der Waals surface area (Å²) in [7, 11) is 0. The molecule has 0 fully saturated rings. The second kappa shape index (κ2) is 7.75. The maximum atomic E-state index is 13.4. The fraction of sp³-hybridized carbons (Fsp3) is 0.259. The third-order valence-corrected chi connectivity index (χ3v) is 7.05. The summed E-state index contributed by atoms with van der Waals surface area (Å²) >= 11 is 1.53. The number of carbonyl (C=O) groups excluding carboxylic acids is 1. The summed E-state index contributed by atoms with van der Waals surface area (Å²) in [5.74, 6) is 0.899. The Morgan fingerprint density at radius 1 is 1.03 bits per heavy atom. The summed E-state index contributed by atoms with van der Waals surface area (Å²) in [6, 6.07) is 18.4. The lowest BCUT2D eigenvalue weighted by molar-refractivity contribution is -0.118. The third-order valence-electron chi connectivity index (χ3n) is 6.17. The quantitative estimate of drug-likeness (QED) is 0.524. The van der Waals surface area contributed by atoms with Crippen LogP contribution in [-0.4, -0.2) is 10.8 Å². The van der Waals surface area contributed by atoms with E-state index in [0.717, 1.165) is 33.0 Å². The first-order chi connectivity index (χ1) is 15.3. The largest absolute Gasteiger partial charge is 0.445 e. The number of aromatic nitrogens is 1. The SMILES string of the molecule is Cc1ccc([C@H]2C3=C(CC(C)(C)CC3=O)OC(N)=C2c2nc(-c3ccccc3)cs2)cc1. The van der Waals surface area contributed by atoms with Crippen LogP contribution in [0.1, 0.15) is 48.7 Å².